The minimum atomic E-state index is 0.799. The maximum Gasteiger partial charge on any atom is 0.0654 e. The smallest absolute Gasteiger partial charge is 0.0654 e. The Bertz CT molecular complexity index is 787. The number of rotatable bonds is 9. The zero-order valence-electron chi connectivity index (χ0n) is 14.7. The van der Waals surface area contributed by atoms with Crippen LogP contribution in [0.15, 0.2) is 36.4 Å². The van der Waals surface area contributed by atoms with Crippen molar-refractivity contribution in [3.63, 3.8) is 0 Å². The SMILES string of the molecule is CCCCCCCCCCc1ccc2[nH]c3c(Cl)cccc3c2c1. The fourth-order valence-electron chi connectivity index (χ4n) is 3.55. The van der Waals surface area contributed by atoms with Crippen LogP contribution in [-0.2, 0) is 6.42 Å². The predicted octanol–water partition coefficient (Wildman–Crippen LogP) is 7.66. The lowest BCUT2D eigenvalue weighted by atomic mass is 10.0. The first kappa shape index (κ1) is 17.4. The highest BCUT2D eigenvalue weighted by Crippen LogP contribution is 2.30. The number of benzene rings is 2. The molecule has 0 spiro atoms. The monoisotopic (exact) mass is 341 g/mol. The summed E-state index contributed by atoms with van der Waals surface area (Å²) in [6, 6.07) is 12.9. The largest absolute Gasteiger partial charge is 0.353 e. The summed E-state index contributed by atoms with van der Waals surface area (Å²) in [6.07, 6.45) is 12.2. The lowest BCUT2D eigenvalue weighted by Gasteiger charge is -2.03. The number of aromatic nitrogens is 1. The lowest BCUT2D eigenvalue weighted by Crippen LogP contribution is -1.86. The Balaban J connectivity index is 1.56. The maximum absolute atomic E-state index is 6.30. The number of aryl methyl sites for hydroxylation is 1. The van der Waals surface area contributed by atoms with E-state index in [2.05, 4.69) is 36.2 Å². The van der Waals surface area contributed by atoms with Gasteiger partial charge in [0, 0.05) is 16.3 Å². The van der Waals surface area contributed by atoms with Gasteiger partial charge in [0.1, 0.15) is 0 Å². The summed E-state index contributed by atoms with van der Waals surface area (Å²) < 4.78 is 0. The molecule has 0 radical (unpaired) electrons. The Morgan fingerprint density at radius 2 is 1.58 bits per heavy atom. The van der Waals surface area contributed by atoms with E-state index in [1.54, 1.807) is 0 Å². The van der Waals surface area contributed by atoms with Gasteiger partial charge in [-0.15, -0.1) is 0 Å². The molecule has 0 unspecified atom stereocenters. The van der Waals surface area contributed by atoms with Crippen LogP contribution in [0.1, 0.15) is 63.9 Å². The summed E-state index contributed by atoms with van der Waals surface area (Å²) in [7, 11) is 0. The van der Waals surface area contributed by atoms with Gasteiger partial charge in [0.25, 0.3) is 0 Å². The average molecular weight is 342 g/mol. The molecule has 2 heteroatoms. The van der Waals surface area contributed by atoms with Crippen molar-refractivity contribution >= 4 is 33.4 Å². The van der Waals surface area contributed by atoms with Crippen molar-refractivity contribution in [3.05, 3.63) is 47.0 Å². The molecule has 0 atom stereocenters. The number of halogens is 1. The van der Waals surface area contributed by atoms with Crippen LogP contribution in [0, 0.1) is 0 Å². The molecule has 0 aliphatic carbocycles. The molecule has 0 saturated heterocycles. The van der Waals surface area contributed by atoms with E-state index >= 15 is 0 Å². The topological polar surface area (TPSA) is 15.8 Å². The Morgan fingerprint density at radius 1 is 0.833 bits per heavy atom. The maximum atomic E-state index is 6.30. The van der Waals surface area contributed by atoms with Crippen molar-refractivity contribution in [2.45, 2.75) is 64.7 Å². The van der Waals surface area contributed by atoms with Gasteiger partial charge in [-0.3, -0.25) is 0 Å². The van der Waals surface area contributed by atoms with Gasteiger partial charge in [0.2, 0.25) is 0 Å². The first-order valence-electron chi connectivity index (χ1n) is 9.48. The molecule has 2 aromatic carbocycles. The summed E-state index contributed by atoms with van der Waals surface area (Å²) >= 11 is 6.30. The fraction of sp³-hybridized carbons (Fsp3) is 0.455. The van der Waals surface area contributed by atoms with Crippen molar-refractivity contribution in [2.75, 3.05) is 0 Å². The van der Waals surface area contributed by atoms with Gasteiger partial charge in [-0.1, -0.05) is 81.7 Å². The standard InChI is InChI=1S/C22H28ClN/c1-2-3-4-5-6-7-8-9-11-17-14-15-21-19(16-17)18-12-10-13-20(23)22(18)24-21/h10,12-16,24H,2-9,11H2,1H3. The zero-order chi connectivity index (χ0) is 16.8. The molecule has 1 N–H and O–H groups in total. The molecule has 1 nitrogen and oxygen atoms in total. The third kappa shape index (κ3) is 4.13. The molecule has 0 bridgehead atoms. The highest BCUT2D eigenvalue weighted by molar-refractivity contribution is 6.36. The normalized spacial score (nSPS) is 11.6. The summed E-state index contributed by atoms with van der Waals surface area (Å²) in [5, 5.41) is 3.33. The average Bonchev–Trinajstić information content (AvgIpc) is 2.97. The van der Waals surface area contributed by atoms with Crippen LogP contribution in [0.2, 0.25) is 5.02 Å². The summed E-state index contributed by atoms with van der Waals surface area (Å²) in [5.41, 5.74) is 3.67. The lowest BCUT2D eigenvalue weighted by molar-refractivity contribution is 0.575. The van der Waals surface area contributed by atoms with E-state index in [1.807, 2.05) is 12.1 Å². The van der Waals surface area contributed by atoms with Crippen LogP contribution >= 0.6 is 11.6 Å². The summed E-state index contributed by atoms with van der Waals surface area (Å²) in [4.78, 5) is 3.44. The Hall–Kier alpha value is -1.47. The van der Waals surface area contributed by atoms with Crippen LogP contribution in [0.3, 0.4) is 0 Å². The zero-order valence-corrected chi connectivity index (χ0v) is 15.5. The van der Waals surface area contributed by atoms with E-state index in [-0.39, 0.29) is 0 Å². The van der Waals surface area contributed by atoms with Gasteiger partial charge in [-0.05, 0) is 36.6 Å². The van der Waals surface area contributed by atoms with Crippen LogP contribution in [-0.4, -0.2) is 4.98 Å². The number of para-hydroxylation sites is 1. The molecule has 0 amide bonds. The quantitative estimate of drug-likeness (QED) is 0.384. The molecule has 0 aliphatic heterocycles. The number of unbranched alkanes of at least 4 members (excludes halogenated alkanes) is 7. The van der Waals surface area contributed by atoms with Crippen molar-refractivity contribution in [3.8, 4) is 0 Å². The second kappa shape index (κ2) is 8.58. The molecule has 3 rings (SSSR count). The van der Waals surface area contributed by atoms with Crippen LogP contribution < -0.4 is 0 Å². The number of aromatic amines is 1. The van der Waals surface area contributed by atoms with Crippen molar-refractivity contribution in [2.24, 2.45) is 0 Å². The second-order valence-electron chi connectivity index (χ2n) is 6.89. The van der Waals surface area contributed by atoms with Crippen LogP contribution in [0.5, 0.6) is 0 Å². The molecular formula is C22H28ClN. The number of H-pyrrole nitrogens is 1. The molecule has 128 valence electrons. The first-order valence-corrected chi connectivity index (χ1v) is 9.86. The van der Waals surface area contributed by atoms with Gasteiger partial charge < -0.3 is 4.98 Å². The third-order valence-electron chi connectivity index (χ3n) is 4.97. The summed E-state index contributed by atoms with van der Waals surface area (Å²) in [6.45, 7) is 2.28. The van der Waals surface area contributed by atoms with E-state index in [1.165, 1.54) is 79.6 Å². The fourth-order valence-corrected chi connectivity index (χ4v) is 3.77. The molecule has 0 aliphatic rings. The first-order chi connectivity index (χ1) is 11.8. The number of fused-ring (bicyclic) bond motifs is 3. The number of nitrogens with one attached hydrogen (secondary N) is 1. The predicted molar refractivity (Wildman–Crippen MR) is 107 cm³/mol. The highest BCUT2D eigenvalue weighted by Gasteiger charge is 2.07. The highest BCUT2D eigenvalue weighted by atomic mass is 35.5. The van der Waals surface area contributed by atoms with Crippen molar-refractivity contribution < 1.29 is 0 Å². The molecule has 3 aromatic rings. The van der Waals surface area contributed by atoms with E-state index in [0.717, 1.165) is 10.5 Å². The second-order valence-corrected chi connectivity index (χ2v) is 7.30. The van der Waals surface area contributed by atoms with Crippen LogP contribution in [0.4, 0.5) is 0 Å². The summed E-state index contributed by atoms with van der Waals surface area (Å²) in [5.74, 6) is 0. The molecule has 1 heterocycles. The molecular weight excluding hydrogens is 314 g/mol. The van der Waals surface area contributed by atoms with Crippen molar-refractivity contribution in [1.82, 2.24) is 4.98 Å². The van der Waals surface area contributed by atoms with Gasteiger partial charge in [0.05, 0.1) is 10.5 Å². The molecule has 24 heavy (non-hydrogen) atoms. The van der Waals surface area contributed by atoms with Gasteiger partial charge in [0.15, 0.2) is 0 Å². The Labute approximate surface area is 150 Å². The molecule has 0 saturated carbocycles. The third-order valence-corrected chi connectivity index (χ3v) is 5.28. The molecule has 1 aromatic heterocycles. The van der Waals surface area contributed by atoms with E-state index in [4.69, 9.17) is 11.6 Å². The van der Waals surface area contributed by atoms with E-state index in [9.17, 15) is 0 Å². The van der Waals surface area contributed by atoms with Gasteiger partial charge >= 0.3 is 0 Å². The van der Waals surface area contributed by atoms with E-state index < -0.39 is 0 Å². The number of hydrogen-bond acceptors (Lipinski definition) is 0. The van der Waals surface area contributed by atoms with Gasteiger partial charge in [-0.25, -0.2) is 0 Å². The Kier molecular flexibility index (Phi) is 6.20. The van der Waals surface area contributed by atoms with Crippen molar-refractivity contribution in [1.29, 1.82) is 0 Å². The van der Waals surface area contributed by atoms with E-state index in [0.29, 0.717) is 0 Å². The molecule has 0 fully saturated rings. The minimum absolute atomic E-state index is 0.799. The Morgan fingerprint density at radius 3 is 2.38 bits per heavy atom. The minimum Gasteiger partial charge on any atom is -0.353 e. The van der Waals surface area contributed by atoms with Crippen LogP contribution in [0.25, 0.3) is 21.8 Å². The van der Waals surface area contributed by atoms with Gasteiger partial charge in [-0.2, -0.15) is 0 Å². The number of hydrogen-bond donors (Lipinski definition) is 1.